The number of hydrogen-bond acceptors (Lipinski definition) is 3. The van der Waals surface area contributed by atoms with Gasteiger partial charge in [-0.3, -0.25) is 0 Å². The van der Waals surface area contributed by atoms with E-state index < -0.39 is 0 Å². The molecule has 4 nitrogen and oxygen atoms in total. The maximum absolute atomic E-state index is 8.84. The molecule has 0 fully saturated rings. The van der Waals surface area contributed by atoms with E-state index in [0.717, 1.165) is 0 Å². The standard InChI is InChI=1S/C8H7ClN2O2/c9-7-5(4-12)10-8(11-7)6-2-1-3-13-6/h1-3,12H,4H2,(H,10,11). The minimum Gasteiger partial charge on any atom is -0.461 e. The SMILES string of the molecule is OCc1[nH]c(-c2ccco2)nc1Cl. The Hall–Kier alpha value is -1.26. The number of rotatable bonds is 2. The van der Waals surface area contributed by atoms with Gasteiger partial charge in [0.2, 0.25) is 0 Å². The van der Waals surface area contributed by atoms with Crippen LogP contribution in [0.5, 0.6) is 0 Å². The van der Waals surface area contributed by atoms with E-state index in [1.807, 2.05) is 0 Å². The number of imidazole rings is 1. The predicted octanol–water partition coefficient (Wildman–Crippen LogP) is 1.82. The summed E-state index contributed by atoms with van der Waals surface area (Å²) in [6, 6.07) is 3.51. The summed E-state index contributed by atoms with van der Waals surface area (Å²) in [5.74, 6) is 1.13. The van der Waals surface area contributed by atoms with Crippen LogP contribution in [0.1, 0.15) is 5.69 Å². The van der Waals surface area contributed by atoms with E-state index in [-0.39, 0.29) is 11.8 Å². The van der Waals surface area contributed by atoms with Crippen molar-refractivity contribution in [2.45, 2.75) is 6.61 Å². The first-order valence-corrected chi connectivity index (χ1v) is 4.08. The Morgan fingerprint density at radius 1 is 1.62 bits per heavy atom. The molecule has 0 aliphatic heterocycles. The third-order valence-corrected chi connectivity index (χ3v) is 1.95. The van der Waals surface area contributed by atoms with Crippen LogP contribution in [0.25, 0.3) is 11.6 Å². The predicted molar refractivity (Wildman–Crippen MR) is 47.2 cm³/mol. The minimum absolute atomic E-state index is 0.160. The summed E-state index contributed by atoms with van der Waals surface area (Å²) in [6.07, 6.45) is 1.55. The highest BCUT2D eigenvalue weighted by Gasteiger charge is 2.10. The monoisotopic (exact) mass is 198 g/mol. The molecule has 0 spiro atoms. The number of nitrogens with zero attached hydrogens (tertiary/aromatic N) is 1. The second-order valence-corrected chi connectivity index (χ2v) is 2.85. The van der Waals surface area contributed by atoms with Gasteiger partial charge in [-0.1, -0.05) is 11.6 Å². The molecule has 2 aromatic rings. The van der Waals surface area contributed by atoms with Gasteiger partial charge in [-0.05, 0) is 12.1 Å². The fourth-order valence-corrected chi connectivity index (χ4v) is 1.21. The molecule has 0 bridgehead atoms. The summed E-state index contributed by atoms with van der Waals surface area (Å²) in [7, 11) is 0. The molecule has 2 rings (SSSR count). The molecule has 2 N–H and O–H groups in total. The van der Waals surface area contributed by atoms with Crippen LogP contribution in [-0.4, -0.2) is 15.1 Å². The number of aliphatic hydroxyl groups is 1. The zero-order valence-electron chi connectivity index (χ0n) is 6.62. The lowest BCUT2D eigenvalue weighted by atomic mass is 10.4. The van der Waals surface area contributed by atoms with Crippen LogP contribution in [-0.2, 0) is 6.61 Å². The van der Waals surface area contributed by atoms with Gasteiger partial charge in [0.15, 0.2) is 16.7 Å². The van der Waals surface area contributed by atoms with Gasteiger partial charge in [0, 0.05) is 0 Å². The zero-order chi connectivity index (χ0) is 9.26. The smallest absolute Gasteiger partial charge is 0.175 e. The Morgan fingerprint density at radius 2 is 2.46 bits per heavy atom. The number of halogens is 1. The fraction of sp³-hybridized carbons (Fsp3) is 0.125. The van der Waals surface area contributed by atoms with Gasteiger partial charge in [-0.25, -0.2) is 4.98 Å². The molecule has 0 aromatic carbocycles. The molecular weight excluding hydrogens is 192 g/mol. The molecule has 0 atom stereocenters. The number of hydrogen-bond donors (Lipinski definition) is 2. The highest BCUT2D eigenvalue weighted by atomic mass is 35.5. The van der Waals surface area contributed by atoms with E-state index in [9.17, 15) is 0 Å². The first-order valence-electron chi connectivity index (χ1n) is 3.70. The fourth-order valence-electron chi connectivity index (χ4n) is 1.02. The van der Waals surface area contributed by atoms with Gasteiger partial charge < -0.3 is 14.5 Å². The van der Waals surface area contributed by atoms with Gasteiger partial charge in [0.05, 0.1) is 18.6 Å². The molecule has 0 aliphatic carbocycles. The molecule has 5 heteroatoms. The van der Waals surface area contributed by atoms with Crippen molar-refractivity contribution in [2.75, 3.05) is 0 Å². The largest absolute Gasteiger partial charge is 0.461 e. The normalized spacial score (nSPS) is 10.6. The van der Waals surface area contributed by atoms with Crippen molar-refractivity contribution in [3.8, 4) is 11.6 Å². The zero-order valence-corrected chi connectivity index (χ0v) is 7.38. The van der Waals surface area contributed by atoms with Gasteiger partial charge >= 0.3 is 0 Å². The lowest BCUT2D eigenvalue weighted by Crippen LogP contribution is -1.82. The van der Waals surface area contributed by atoms with Crippen LogP contribution in [0.3, 0.4) is 0 Å². The first kappa shape index (κ1) is 8.34. The number of nitrogens with one attached hydrogen (secondary N) is 1. The molecule has 0 unspecified atom stereocenters. The van der Waals surface area contributed by atoms with Crippen LogP contribution >= 0.6 is 11.6 Å². The molecule has 68 valence electrons. The number of furan rings is 1. The van der Waals surface area contributed by atoms with E-state index in [1.165, 1.54) is 0 Å². The van der Waals surface area contributed by atoms with Gasteiger partial charge in [0.1, 0.15) is 0 Å². The summed E-state index contributed by atoms with van der Waals surface area (Å²) in [4.78, 5) is 6.83. The van der Waals surface area contributed by atoms with Crippen molar-refractivity contribution in [3.63, 3.8) is 0 Å². The summed E-state index contributed by atoms with van der Waals surface area (Å²) in [6.45, 7) is -0.160. The van der Waals surface area contributed by atoms with E-state index in [4.69, 9.17) is 21.1 Å². The van der Waals surface area contributed by atoms with Crippen LogP contribution in [0.15, 0.2) is 22.8 Å². The van der Waals surface area contributed by atoms with E-state index in [0.29, 0.717) is 17.3 Å². The molecule has 0 saturated carbocycles. The van der Waals surface area contributed by atoms with Gasteiger partial charge in [-0.15, -0.1) is 0 Å². The average Bonchev–Trinajstić information content (AvgIpc) is 2.71. The topological polar surface area (TPSA) is 62.0 Å². The van der Waals surface area contributed by atoms with Crippen LogP contribution in [0, 0.1) is 0 Å². The Kier molecular flexibility index (Phi) is 2.08. The second-order valence-electron chi connectivity index (χ2n) is 2.49. The number of aromatic amines is 1. The van der Waals surface area contributed by atoms with Gasteiger partial charge in [-0.2, -0.15) is 0 Å². The third-order valence-electron chi connectivity index (χ3n) is 1.64. The third kappa shape index (κ3) is 1.46. The van der Waals surface area contributed by atoms with Crippen molar-refractivity contribution in [1.29, 1.82) is 0 Å². The number of H-pyrrole nitrogens is 1. The van der Waals surface area contributed by atoms with Gasteiger partial charge in [0.25, 0.3) is 0 Å². The number of aliphatic hydroxyl groups excluding tert-OH is 1. The van der Waals surface area contributed by atoms with E-state index in [1.54, 1.807) is 18.4 Å². The van der Waals surface area contributed by atoms with Crippen LogP contribution in [0.2, 0.25) is 5.15 Å². The summed E-state index contributed by atoms with van der Waals surface area (Å²) in [5, 5.41) is 9.12. The van der Waals surface area contributed by atoms with Crippen molar-refractivity contribution in [2.24, 2.45) is 0 Å². The van der Waals surface area contributed by atoms with Crippen molar-refractivity contribution in [1.82, 2.24) is 9.97 Å². The highest BCUT2D eigenvalue weighted by molar-refractivity contribution is 6.30. The van der Waals surface area contributed by atoms with Crippen molar-refractivity contribution >= 4 is 11.6 Å². The summed E-state index contributed by atoms with van der Waals surface area (Å²) >= 11 is 5.72. The lowest BCUT2D eigenvalue weighted by molar-refractivity contribution is 0.277. The molecule has 0 radical (unpaired) electrons. The van der Waals surface area contributed by atoms with E-state index in [2.05, 4.69) is 9.97 Å². The molecule has 0 aliphatic rings. The molecule has 0 saturated heterocycles. The molecule has 2 heterocycles. The number of aromatic nitrogens is 2. The maximum atomic E-state index is 8.84. The van der Waals surface area contributed by atoms with Crippen molar-refractivity contribution < 1.29 is 9.52 Å². The maximum Gasteiger partial charge on any atom is 0.175 e. The Morgan fingerprint density at radius 3 is 3.00 bits per heavy atom. The van der Waals surface area contributed by atoms with Crippen LogP contribution in [0.4, 0.5) is 0 Å². The summed E-state index contributed by atoms with van der Waals surface area (Å²) in [5.41, 5.74) is 0.494. The highest BCUT2D eigenvalue weighted by Crippen LogP contribution is 2.21. The molecule has 13 heavy (non-hydrogen) atoms. The lowest BCUT2D eigenvalue weighted by Gasteiger charge is -1.88. The van der Waals surface area contributed by atoms with Crippen LogP contribution < -0.4 is 0 Å². The molecule has 0 amide bonds. The summed E-state index contributed by atoms with van der Waals surface area (Å²) < 4.78 is 5.10. The molecular formula is C8H7ClN2O2. The average molecular weight is 199 g/mol. The molecule has 2 aromatic heterocycles. The Bertz CT molecular complexity index is 394. The quantitative estimate of drug-likeness (QED) is 0.774. The van der Waals surface area contributed by atoms with Crippen molar-refractivity contribution in [3.05, 3.63) is 29.2 Å². The Balaban J connectivity index is 2.43. The second kappa shape index (κ2) is 3.24. The van der Waals surface area contributed by atoms with E-state index >= 15 is 0 Å². The first-order chi connectivity index (χ1) is 6.31. The Labute approximate surface area is 79.2 Å². The minimum atomic E-state index is -0.160.